The Morgan fingerprint density at radius 3 is 2.09 bits per heavy atom. The minimum Gasteiger partial charge on any atom is -0.278 e. The summed E-state index contributed by atoms with van der Waals surface area (Å²) < 4.78 is 90.6. The normalized spacial score (nSPS) is 12.5. The maximum atomic E-state index is 13.7. The molecule has 0 unspecified atom stereocenters. The monoisotopic (exact) mass is 357 g/mol. The van der Waals surface area contributed by atoms with Crippen molar-refractivity contribution in [3.05, 3.63) is 45.7 Å². The number of anilines is 1. The van der Waals surface area contributed by atoms with Crippen molar-refractivity contribution in [3.8, 4) is 0 Å². The molecule has 1 aromatic carbocycles. The summed E-state index contributed by atoms with van der Waals surface area (Å²) in [5.74, 6) is -3.62. The Kier molecular flexibility index (Phi) is 4.18. The second-order valence-electron chi connectivity index (χ2n) is 4.26. The fraction of sp³-hybridized carbons (Fsp3) is 0.167. The van der Waals surface area contributed by atoms with Crippen LogP contribution in [-0.2, 0) is 16.2 Å². The van der Waals surface area contributed by atoms with Gasteiger partial charge >= 0.3 is 6.18 Å². The van der Waals surface area contributed by atoms with Crippen molar-refractivity contribution in [2.24, 2.45) is 0 Å². The molecule has 0 aliphatic rings. The van der Waals surface area contributed by atoms with Gasteiger partial charge in [0.05, 0.1) is 11.3 Å². The molecule has 1 heterocycles. The van der Waals surface area contributed by atoms with Crippen LogP contribution in [0.2, 0.25) is 0 Å². The van der Waals surface area contributed by atoms with Crippen molar-refractivity contribution >= 4 is 27.0 Å². The highest BCUT2D eigenvalue weighted by Crippen LogP contribution is 2.33. The van der Waals surface area contributed by atoms with E-state index in [1.54, 1.807) is 12.3 Å². The van der Waals surface area contributed by atoms with E-state index in [2.05, 4.69) is 0 Å². The lowest BCUT2D eigenvalue weighted by Crippen LogP contribution is -2.18. The van der Waals surface area contributed by atoms with Gasteiger partial charge < -0.3 is 0 Å². The van der Waals surface area contributed by atoms with Gasteiger partial charge in [0, 0.05) is 4.88 Å². The number of rotatable bonds is 3. The number of benzene rings is 1. The molecule has 0 radical (unpaired) electrons. The van der Waals surface area contributed by atoms with E-state index in [1.807, 2.05) is 4.72 Å². The predicted octanol–water partition coefficient (Wildman–Crippen LogP) is 4.15. The first kappa shape index (κ1) is 16.7. The van der Waals surface area contributed by atoms with E-state index in [0.29, 0.717) is 4.88 Å². The molecule has 2 aromatic rings. The topological polar surface area (TPSA) is 46.2 Å². The highest BCUT2D eigenvalue weighted by molar-refractivity contribution is 7.92. The average molecular weight is 357 g/mol. The summed E-state index contributed by atoms with van der Waals surface area (Å²) in [6, 6.07) is 1.26. The number of aryl methyl sites for hydroxylation is 1. The lowest BCUT2D eigenvalue weighted by molar-refractivity contribution is -0.138. The van der Waals surface area contributed by atoms with Crippen molar-refractivity contribution in [3.63, 3.8) is 0 Å². The van der Waals surface area contributed by atoms with Crippen molar-refractivity contribution in [2.45, 2.75) is 18.0 Å². The van der Waals surface area contributed by atoms with E-state index in [-0.39, 0.29) is 17.8 Å². The molecule has 2 rings (SSSR count). The van der Waals surface area contributed by atoms with E-state index in [4.69, 9.17) is 0 Å². The van der Waals surface area contributed by atoms with Crippen LogP contribution < -0.4 is 4.72 Å². The van der Waals surface area contributed by atoms with E-state index in [1.165, 1.54) is 17.4 Å². The van der Waals surface area contributed by atoms with Crippen LogP contribution in [0.3, 0.4) is 0 Å². The summed E-state index contributed by atoms with van der Waals surface area (Å²) in [5, 5.41) is 1.55. The number of sulfonamides is 1. The molecule has 0 amide bonds. The quantitative estimate of drug-likeness (QED) is 0.839. The van der Waals surface area contributed by atoms with E-state index in [9.17, 15) is 30.4 Å². The number of nitrogens with one attached hydrogen (secondary N) is 1. The number of halogens is 5. The minimum atomic E-state index is -4.98. The van der Waals surface area contributed by atoms with E-state index in [0.717, 1.165) is 0 Å². The first-order valence-corrected chi connectivity index (χ1v) is 8.02. The van der Waals surface area contributed by atoms with Crippen LogP contribution in [0.25, 0.3) is 0 Å². The summed E-state index contributed by atoms with van der Waals surface area (Å²) >= 11 is 1.19. The van der Waals surface area contributed by atoms with Crippen molar-refractivity contribution < 1.29 is 30.4 Å². The van der Waals surface area contributed by atoms with Gasteiger partial charge in [0.2, 0.25) is 0 Å². The van der Waals surface area contributed by atoms with Crippen LogP contribution in [0.15, 0.2) is 28.5 Å². The third-order valence-electron chi connectivity index (χ3n) is 2.70. The fourth-order valence-corrected chi connectivity index (χ4v) is 3.63. The molecule has 3 nitrogen and oxygen atoms in total. The molecule has 1 aromatic heterocycles. The molecule has 22 heavy (non-hydrogen) atoms. The van der Waals surface area contributed by atoms with Crippen LogP contribution in [-0.4, -0.2) is 8.42 Å². The number of alkyl halides is 3. The molecule has 0 spiro atoms. The summed E-state index contributed by atoms with van der Waals surface area (Å²) in [6.07, 6.45) is -4.98. The summed E-state index contributed by atoms with van der Waals surface area (Å²) in [5.41, 5.74) is -1.50. The highest BCUT2D eigenvalue weighted by Gasteiger charge is 2.35. The second kappa shape index (κ2) is 5.51. The Balaban J connectivity index is 2.50. The van der Waals surface area contributed by atoms with Gasteiger partial charge in [-0.25, -0.2) is 17.2 Å². The van der Waals surface area contributed by atoms with Crippen LogP contribution in [0.5, 0.6) is 0 Å². The molecule has 0 bridgehead atoms. The van der Waals surface area contributed by atoms with Gasteiger partial charge in [0.25, 0.3) is 10.0 Å². The Morgan fingerprint density at radius 1 is 1.14 bits per heavy atom. The Morgan fingerprint density at radius 2 is 1.68 bits per heavy atom. The maximum Gasteiger partial charge on any atom is 0.416 e. The zero-order valence-corrected chi connectivity index (χ0v) is 12.5. The molecule has 0 fully saturated rings. The van der Waals surface area contributed by atoms with Crippen molar-refractivity contribution in [1.29, 1.82) is 0 Å². The maximum absolute atomic E-state index is 13.7. The van der Waals surface area contributed by atoms with Gasteiger partial charge in [0.1, 0.15) is 11.6 Å². The molecule has 0 saturated carbocycles. The van der Waals surface area contributed by atoms with E-state index < -0.39 is 38.3 Å². The molecule has 0 saturated heterocycles. The molecule has 0 aliphatic carbocycles. The van der Waals surface area contributed by atoms with Gasteiger partial charge in [0.15, 0.2) is 4.90 Å². The molecule has 1 N–H and O–H groups in total. The molecule has 120 valence electrons. The standard InChI is InChI=1S/C12H8F5NO2S2/c1-6-10(2-3-21-6)18-22(19,20)11-8(13)4-7(5-9(11)14)12(15,16)17/h2-5,18H,1H3. The van der Waals surface area contributed by atoms with Crippen LogP contribution >= 0.6 is 11.3 Å². The largest absolute Gasteiger partial charge is 0.416 e. The van der Waals surface area contributed by atoms with Crippen LogP contribution in [0.4, 0.5) is 27.6 Å². The molecule has 0 aliphatic heterocycles. The lowest BCUT2D eigenvalue weighted by atomic mass is 10.2. The van der Waals surface area contributed by atoms with Crippen LogP contribution in [0.1, 0.15) is 10.4 Å². The Hall–Kier alpha value is -1.68. The molecular formula is C12H8F5NO2S2. The van der Waals surface area contributed by atoms with Gasteiger partial charge in [-0.15, -0.1) is 11.3 Å². The Labute approximate surface area is 126 Å². The average Bonchev–Trinajstić information content (AvgIpc) is 2.71. The van der Waals surface area contributed by atoms with Crippen LogP contribution in [0, 0.1) is 18.6 Å². The van der Waals surface area contributed by atoms with Gasteiger partial charge in [-0.05, 0) is 30.5 Å². The third kappa shape index (κ3) is 3.22. The lowest BCUT2D eigenvalue weighted by Gasteiger charge is -2.12. The van der Waals surface area contributed by atoms with Gasteiger partial charge in [-0.3, -0.25) is 4.72 Å². The van der Waals surface area contributed by atoms with Crippen molar-refractivity contribution in [2.75, 3.05) is 4.72 Å². The molecule has 10 heteroatoms. The molecule has 0 atom stereocenters. The second-order valence-corrected chi connectivity index (χ2v) is 7.00. The number of hydrogen-bond acceptors (Lipinski definition) is 3. The zero-order valence-electron chi connectivity index (χ0n) is 10.8. The zero-order chi connectivity index (χ0) is 16.7. The third-order valence-corrected chi connectivity index (χ3v) is 4.96. The molecular weight excluding hydrogens is 349 g/mol. The first-order chi connectivity index (χ1) is 10.0. The van der Waals surface area contributed by atoms with Crippen molar-refractivity contribution in [1.82, 2.24) is 0 Å². The SMILES string of the molecule is Cc1sccc1NS(=O)(=O)c1c(F)cc(C(F)(F)F)cc1F. The summed E-state index contributed by atoms with van der Waals surface area (Å²) in [7, 11) is -4.69. The summed E-state index contributed by atoms with van der Waals surface area (Å²) in [6.45, 7) is 1.57. The minimum absolute atomic E-state index is 0.0574. The van der Waals surface area contributed by atoms with E-state index >= 15 is 0 Å². The smallest absolute Gasteiger partial charge is 0.278 e. The van der Waals surface area contributed by atoms with Gasteiger partial charge in [-0.1, -0.05) is 0 Å². The predicted molar refractivity (Wildman–Crippen MR) is 71.2 cm³/mol. The summed E-state index contributed by atoms with van der Waals surface area (Å²) in [4.78, 5) is -0.914. The van der Waals surface area contributed by atoms with Gasteiger partial charge in [-0.2, -0.15) is 13.2 Å². The first-order valence-electron chi connectivity index (χ1n) is 5.65. The fourth-order valence-electron chi connectivity index (χ4n) is 1.67. The number of thiophene rings is 1. The highest BCUT2D eigenvalue weighted by atomic mass is 32.2. The Bertz CT molecular complexity index is 788. The number of hydrogen-bond donors (Lipinski definition) is 1.